The number of carbonyl (C=O) groups is 1. The van der Waals surface area contributed by atoms with E-state index in [-0.39, 0.29) is 5.91 Å². The van der Waals surface area contributed by atoms with Crippen LogP contribution in [0, 0.1) is 5.92 Å². The zero-order chi connectivity index (χ0) is 9.54. The minimum atomic E-state index is 0.00898. The van der Waals surface area contributed by atoms with Crippen LogP contribution >= 0.6 is 0 Å². The van der Waals surface area contributed by atoms with Crippen LogP contribution in [-0.2, 0) is 0 Å². The summed E-state index contributed by atoms with van der Waals surface area (Å²) >= 11 is 0. The normalized spacial score (nSPS) is 29.9. The van der Waals surface area contributed by atoms with Gasteiger partial charge in [-0.15, -0.1) is 0 Å². The quantitative estimate of drug-likeness (QED) is 0.701. The summed E-state index contributed by atoms with van der Waals surface area (Å²) in [5, 5.41) is 6.31. The van der Waals surface area contributed by atoms with Gasteiger partial charge >= 0.3 is 0 Å². The lowest BCUT2D eigenvalue weighted by atomic mass is 10.1. The molecule has 1 amide bonds. The van der Waals surface area contributed by atoms with Crippen molar-refractivity contribution in [3.8, 4) is 0 Å². The maximum atomic E-state index is 11.9. The van der Waals surface area contributed by atoms with Gasteiger partial charge in [0.05, 0.1) is 0 Å². The second kappa shape index (κ2) is 2.80. The van der Waals surface area contributed by atoms with Crippen LogP contribution in [0.1, 0.15) is 29.9 Å². The van der Waals surface area contributed by atoms with E-state index in [4.69, 9.17) is 0 Å². The Morgan fingerprint density at radius 2 is 2.50 bits per heavy atom. The van der Waals surface area contributed by atoms with Crippen molar-refractivity contribution in [2.75, 3.05) is 6.54 Å². The lowest BCUT2D eigenvalue weighted by molar-refractivity contribution is 0.0691. The zero-order valence-corrected chi connectivity index (χ0v) is 7.81. The molecule has 1 saturated carbocycles. The number of H-pyrrole nitrogens is 1. The largest absolute Gasteiger partial charge is 0.333 e. The third-order valence-electron chi connectivity index (χ3n) is 3.29. The van der Waals surface area contributed by atoms with Gasteiger partial charge in [0.15, 0.2) is 0 Å². The Labute approximate surface area is 81.5 Å². The zero-order valence-electron chi connectivity index (χ0n) is 7.81. The Balaban J connectivity index is 1.81. The number of piperidine rings is 1. The molecule has 5 nitrogen and oxygen atoms in total. The summed E-state index contributed by atoms with van der Waals surface area (Å²) < 4.78 is 0. The predicted octanol–water partition coefficient (Wildman–Crippen LogP) is 0.429. The molecule has 5 heteroatoms. The van der Waals surface area contributed by atoms with Gasteiger partial charge in [-0.25, -0.2) is 4.98 Å². The molecule has 14 heavy (non-hydrogen) atoms. The first kappa shape index (κ1) is 7.96. The van der Waals surface area contributed by atoms with E-state index in [1.165, 1.54) is 19.2 Å². The first-order valence-corrected chi connectivity index (χ1v) is 5.01. The van der Waals surface area contributed by atoms with Crippen LogP contribution in [-0.4, -0.2) is 38.6 Å². The highest BCUT2D eigenvalue weighted by atomic mass is 16.2. The Morgan fingerprint density at radius 3 is 3.07 bits per heavy atom. The van der Waals surface area contributed by atoms with Crippen molar-refractivity contribution in [3.05, 3.63) is 12.2 Å². The topological polar surface area (TPSA) is 61.9 Å². The SMILES string of the molecule is O=C(c1ncn[nH]1)N1CC2CCC1C2. The predicted molar refractivity (Wildman–Crippen MR) is 48.5 cm³/mol. The average molecular weight is 192 g/mol. The molecule has 74 valence electrons. The molecule has 2 bridgehead atoms. The lowest BCUT2D eigenvalue weighted by Crippen LogP contribution is -2.38. The van der Waals surface area contributed by atoms with Crippen LogP contribution in [0.25, 0.3) is 0 Å². The number of fused-ring (bicyclic) bond motifs is 2. The van der Waals surface area contributed by atoms with E-state index >= 15 is 0 Å². The number of nitrogens with one attached hydrogen (secondary N) is 1. The molecule has 2 atom stereocenters. The first-order valence-electron chi connectivity index (χ1n) is 5.01. The third kappa shape index (κ3) is 1.05. The molecule has 0 spiro atoms. The van der Waals surface area contributed by atoms with E-state index in [2.05, 4.69) is 15.2 Å². The van der Waals surface area contributed by atoms with E-state index in [1.807, 2.05) is 4.90 Å². The van der Waals surface area contributed by atoms with Crippen molar-refractivity contribution < 1.29 is 4.79 Å². The molecule has 1 N–H and O–H groups in total. The molecule has 1 saturated heterocycles. The summed E-state index contributed by atoms with van der Waals surface area (Å²) in [4.78, 5) is 17.7. The molecule has 0 radical (unpaired) electrons. The van der Waals surface area contributed by atoms with Crippen LogP contribution < -0.4 is 0 Å². The molecule has 1 aromatic heterocycles. The van der Waals surface area contributed by atoms with Crippen molar-refractivity contribution in [1.82, 2.24) is 20.1 Å². The van der Waals surface area contributed by atoms with Crippen molar-refractivity contribution in [2.45, 2.75) is 25.3 Å². The minimum absolute atomic E-state index is 0.00898. The summed E-state index contributed by atoms with van der Waals surface area (Å²) in [6.45, 7) is 0.907. The van der Waals surface area contributed by atoms with Crippen LogP contribution in [0.3, 0.4) is 0 Å². The fourth-order valence-electron chi connectivity index (χ4n) is 2.62. The van der Waals surface area contributed by atoms with Gasteiger partial charge in [0.1, 0.15) is 6.33 Å². The second-order valence-electron chi connectivity index (χ2n) is 4.12. The van der Waals surface area contributed by atoms with Crippen LogP contribution in [0.15, 0.2) is 6.33 Å². The minimum Gasteiger partial charge on any atom is -0.333 e. The maximum Gasteiger partial charge on any atom is 0.291 e. The average Bonchev–Trinajstić information content (AvgIpc) is 2.93. The molecule has 1 aliphatic carbocycles. The number of aromatic amines is 1. The Bertz CT molecular complexity index is 348. The summed E-state index contributed by atoms with van der Waals surface area (Å²) in [6.07, 6.45) is 5.00. The maximum absolute atomic E-state index is 11.9. The number of rotatable bonds is 1. The number of carbonyl (C=O) groups excluding carboxylic acids is 1. The van der Waals surface area contributed by atoms with Crippen molar-refractivity contribution in [2.24, 2.45) is 5.92 Å². The molecule has 1 aromatic rings. The first-order chi connectivity index (χ1) is 6.84. The van der Waals surface area contributed by atoms with E-state index in [1.54, 1.807) is 0 Å². The Hall–Kier alpha value is -1.39. The van der Waals surface area contributed by atoms with Crippen LogP contribution in [0.4, 0.5) is 0 Å². The van der Waals surface area contributed by atoms with Gasteiger partial charge in [0.25, 0.3) is 5.91 Å². The highest BCUT2D eigenvalue weighted by Crippen LogP contribution is 2.37. The molecular formula is C9H12N4O. The van der Waals surface area contributed by atoms with Gasteiger partial charge in [0.2, 0.25) is 5.82 Å². The molecule has 3 rings (SSSR count). The molecule has 2 unspecified atom stereocenters. The number of amides is 1. The van der Waals surface area contributed by atoms with E-state index in [0.29, 0.717) is 11.9 Å². The molecule has 2 fully saturated rings. The Kier molecular flexibility index (Phi) is 1.59. The van der Waals surface area contributed by atoms with E-state index in [0.717, 1.165) is 18.9 Å². The van der Waals surface area contributed by atoms with Gasteiger partial charge in [-0.3, -0.25) is 9.89 Å². The summed E-state index contributed by atoms with van der Waals surface area (Å²) in [5.41, 5.74) is 0. The van der Waals surface area contributed by atoms with Gasteiger partial charge in [-0.05, 0) is 25.2 Å². The summed E-state index contributed by atoms with van der Waals surface area (Å²) in [7, 11) is 0. The van der Waals surface area contributed by atoms with Gasteiger partial charge in [-0.2, -0.15) is 5.10 Å². The highest BCUT2D eigenvalue weighted by molar-refractivity contribution is 5.90. The number of hydrogen-bond donors (Lipinski definition) is 1. The molecular weight excluding hydrogens is 180 g/mol. The van der Waals surface area contributed by atoms with Crippen LogP contribution in [0.5, 0.6) is 0 Å². The second-order valence-corrected chi connectivity index (χ2v) is 4.12. The number of likely N-dealkylation sites (tertiary alicyclic amines) is 1. The van der Waals surface area contributed by atoms with Crippen molar-refractivity contribution >= 4 is 5.91 Å². The third-order valence-corrected chi connectivity index (χ3v) is 3.29. The molecule has 2 aliphatic rings. The van der Waals surface area contributed by atoms with E-state index < -0.39 is 0 Å². The molecule has 0 aromatic carbocycles. The van der Waals surface area contributed by atoms with Gasteiger partial charge in [-0.1, -0.05) is 0 Å². The van der Waals surface area contributed by atoms with Crippen LogP contribution in [0.2, 0.25) is 0 Å². The summed E-state index contributed by atoms with van der Waals surface area (Å²) in [6, 6.07) is 0.456. The van der Waals surface area contributed by atoms with Crippen molar-refractivity contribution in [1.29, 1.82) is 0 Å². The molecule has 1 aliphatic heterocycles. The smallest absolute Gasteiger partial charge is 0.291 e. The lowest BCUT2D eigenvalue weighted by Gasteiger charge is -2.25. The summed E-state index contributed by atoms with van der Waals surface area (Å²) in [5.74, 6) is 1.11. The van der Waals surface area contributed by atoms with Gasteiger partial charge < -0.3 is 4.90 Å². The number of aromatic nitrogens is 3. The Morgan fingerprint density at radius 1 is 1.57 bits per heavy atom. The fourth-order valence-corrected chi connectivity index (χ4v) is 2.62. The fraction of sp³-hybridized carbons (Fsp3) is 0.667. The number of hydrogen-bond acceptors (Lipinski definition) is 3. The highest BCUT2D eigenvalue weighted by Gasteiger charge is 2.41. The monoisotopic (exact) mass is 192 g/mol. The van der Waals surface area contributed by atoms with Crippen molar-refractivity contribution in [3.63, 3.8) is 0 Å². The number of nitrogens with zero attached hydrogens (tertiary/aromatic N) is 3. The molecule has 2 heterocycles. The van der Waals surface area contributed by atoms with E-state index in [9.17, 15) is 4.79 Å². The van der Waals surface area contributed by atoms with Gasteiger partial charge in [0, 0.05) is 12.6 Å². The standard InChI is InChI=1S/C9H12N4O/c14-9(8-10-5-11-12-8)13-4-6-1-2-7(13)3-6/h5-7H,1-4H2,(H,10,11,12).